The van der Waals surface area contributed by atoms with Crippen LogP contribution in [0.3, 0.4) is 0 Å². The summed E-state index contributed by atoms with van der Waals surface area (Å²) < 4.78 is 36.8. The Morgan fingerprint density at radius 3 is 2.95 bits per heavy atom. The lowest BCUT2D eigenvalue weighted by Crippen LogP contribution is -2.24. The molecular formula is C15H16F2N2O2. The van der Waals surface area contributed by atoms with Crippen LogP contribution in [0.25, 0.3) is 0 Å². The lowest BCUT2D eigenvalue weighted by molar-refractivity contribution is 0.0281. The first-order valence-electron chi connectivity index (χ1n) is 6.94. The van der Waals surface area contributed by atoms with Crippen LogP contribution in [0.15, 0.2) is 28.8 Å². The molecule has 3 rings (SSSR count). The molecule has 2 heterocycles. The maximum absolute atomic E-state index is 13.1. The van der Waals surface area contributed by atoms with Crippen LogP contribution in [0.1, 0.15) is 29.9 Å². The first kappa shape index (κ1) is 14.2. The lowest BCUT2D eigenvalue weighted by atomic mass is 10.1. The van der Waals surface area contributed by atoms with E-state index in [1.165, 1.54) is 6.07 Å². The predicted molar refractivity (Wildman–Crippen MR) is 71.5 cm³/mol. The number of nitrogens with zero attached hydrogens (tertiary/aromatic N) is 1. The highest BCUT2D eigenvalue weighted by Gasteiger charge is 2.15. The van der Waals surface area contributed by atoms with Crippen molar-refractivity contribution in [2.45, 2.75) is 32.1 Å². The van der Waals surface area contributed by atoms with E-state index in [1.807, 2.05) is 0 Å². The molecule has 1 aliphatic heterocycles. The Morgan fingerprint density at radius 1 is 1.29 bits per heavy atom. The first-order chi connectivity index (χ1) is 10.2. The average molecular weight is 294 g/mol. The molecule has 1 unspecified atom stereocenters. The molecule has 0 spiro atoms. The standard InChI is InChI=1S/C15H16F2N2O2/c16-13-4-3-10(7-14(13)17)6-12-8-11(19-21-12)9-20-15-2-1-5-18-15/h3-4,7-8,15,18H,1-2,5-6,9H2. The molecule has 112 valence electrons. The fraction of sp³-hybridized carbons (Fsp3) is 0.400. The van der Waals surface area contributed by atoms with Gasteiger partial charge in [-0.15, -0.1) is 0 Å². The van der Waals surface area contributed by atoms with Crippen molar-refractivity contribution in [1.29, 1.82) is 0 Å². The maximum atomic E-state index is 13.1. The molecule has 0 amide bonds. The molecule has 1 N–H and O–H groups in total. The highest BCUT2D eigenvalue weighted by molar-refractivity contribution is 5.22. The molecule has 1 aromatic heterocycles. The highest BCUT2D eigenvalue weighted by Crippen LogP contribution is 2.15. The Kier molecular flexibility index (Phi) is 4.26. The van der Waals surface area contributed by atoms with E-state index in [2.05, 4.69) is 10.5 Å². The van der Waals surface area contributed by atoms with Gasteiger partial charge in [0.25, 0.3) is 0 Å². The molecule has 0 aliphatic carbocycles. The summed E-state index contributed by atoms with van der Waals surface area (Å²) in [7, 11) is 0. The molecule has 1 aliphatic rings. The minimum atomic E-state index is -0.858. The summed E-state index contributed by atoms with van der Waals surface area (Å²) in [6, 6.07) is 5.57. The second kappa shape index (κ2) is 6.32. The van der Waals surface area contributed by atoms with Gasteiger partial charge in [0.15, 0.2) is 11.6 Å². The summed E-state index contributed by atoms with van der Waals surface area (Å²) >= 11 is 0. The topological polar surface area (TPSA) is 47.3 Å². The van der Waals surface area contributed by atoms with E-state index >= 15 is 0 Å². The third kappa shape index (κ3) is 3.65. The number of hydrogen-bond acceptors (Lipinski definition) is 4. The summed E-state index contributed by atoms with van der Waals surface area (Å²) in [5, 5.41) is 7.14. The zero-order chi connectivity index (χ0) is 14.7. The Bertz CT molecular complexity index is 609. The molecule has 1 aromatic carbocycles. The maximum Gasteiger partial charge on any atom is 0.159 e. The Morgan fingerprint density at radius 2 is 2.19 bits per heavy atom. The van der Waals surface area contributed by atoms with Gasteiger partial charge in [0.1, 0.15) is 17.7 Å². The van der Waals surface area contributed by atoms with Gasteiger partial charge in [-0.3, -0.25) is 5.32 Å². The van der Waals surface area contributed by atoms with Gasteiger partial charge < -0.3 is 9.26 Å². The van der Waals surface area contributed by atoms with E-state index < -0.39 is 11.6 Å². The van der Waals surface area contributed by atoms with Gasteiger partial charge in [-0.05, 0) is 37.1 Å². The first-order valence-corrected chi connectivity index (χ1v) is 6.94. The van der Waals surface area contributed by atoms with Crippen molar-refractivity contribution in [3.8, 4) is 0 Å². The van der Waals surface area contributed by atoms with Crippen molar-refractivity contribution in [2.24, 2.45) is 0 Å². The zero-order valence-corrected chi connectivity index (χ0v) is 11.4. The molecule has 21 heavy (non-hydrogen) atoms. The molecule has 0 saturated carbocycles. The summed E-state index contributed by atoms with van der Waals surface area (Å²) in [5.41, 5.74) is 1.33. The number of rotatable bonds is 5. The molecule has 2 aromatic rings. The molecule has 1 saturated heterocycles. The van der Waals surface area contributed by atoms with Crippen molar-refractivity contribution in [3.63, 3.8) is 0 Å². The van der Waals surface area contributed by atoms with Gasteiger partial charge in [0, 0.05) is 12.5 Å². The fourth-order valence-electron chi connectivity index (χ4n) is 2.34. The monoisotopic (exact) mass is 294 g/mol. The number of nitrogens with one attached hydrogen (secondary N) is 1. The third-order valence-corrected chi connectivity index (χ3v) is 3.42. The van der Waals surface area contributed by atoms with Gasteiger partial charge in [-0.1, -0.05) is 11.2 Å². The van der Waals surface area contributed by atoms with Crippen LogP contribution in [-0.4, -0.2) is 17.9 Å². The Hall–Kier alpha value is -1.79. The smallest absolute Gasteiger partial charge is 0.159 e. The van der Waals surface area contributed by atoms with Crippen LogP contribution < -0.4 is 5.32 Å². The van der Waals surface area contributed by atoms with Gasteiger partial charge >= 0.3 is 0 Å². The van der Waals surface area contributed by atoms with E-state index in [0.29, 0.717) is 30.0 Å². The SMILES string of the molecule is Fc1ccc(Cc2cc(COC3CCCN3)no2)cc1F. The molecule has 1 fully saturated rings. The van der Waals surface area contributed by atoms with Crippen LogP contribution in [0.4, 0.5) is 8.78 Å². The van der Waals surface area contributed by atoms with E-state index in [-0.39, 0.29) is 6.23 Å². The number of benzene rings is 1. The summed E-state index contributed by atoms with van der Waals surface area (Å²) in [4.78, 5) is 0. The fourth-order valence-corrected chi connectivity index (χ4v) is 2.34. The van der Waals surface area contributed by atoms with Gasteiger partial charge in [0.05, 0.1) is 6.61 Å². The Labute approximate surface area is 121 Å². The second-order valence-electron chi connectivity index (χ2n) is 5.11. The average Bonchev–Trinajstić information content (AvgIpc) is 3.12. The Balaban J connectivity index is 1.57. The van der Waals surface area contributed by atoms with Crippen molar-refractivity contribution in [2.75, 3.05) is 6.54 Å². The molecule has 6 heteroatoms. The predicted octanol–water partition coefficient (Wildman–Crippen LogP) is 2.77. The van der Waals surface area contributed by atoms with Gasteiger partial charge in [-0.2, -0.15) is 0 Å². The van der Waals surface area contributed by atoms with Crippen molar-refractivity contribution >= 4 is 0 Å². The highest BCUT2D eigenvalue weighted by atomic mass is 19.2. The third-order valence-electron chi connectivity index (χ3n) is 3.42. The van der Waals surface area contributed by atoms with Crippen LogP contribution >= 0.6 is 0 Å². The molecule has 0 radical (unpaired) electrons. The van der Waals surface area contributed by atoms with Crippen LogP contribution in [-0.2, 0) is 17.8 Å². The van der Waals surface area contributed by atoms with Crippen LogP contribution in [0.5, 0.6) is 0 Å². The quantitative estimate of drug-likeness (QED) is 0.921. The summed E-state index contributed by atoms with van der Waals surface area (Å²) in [6.07, 6.45) is 2.56. The largest absolute Gasteiger partial charge is 0.361 e. The normalized spacial score (nSPS) is 18.3. The van der Waals surface area contributed by atoms with E-state index in [4.69, 9.17) is 9.26 Å². The minimum absolute atomic E-state index is 0.0799. The summed E-state index contributed by atoms with van der Waals surface area (Å²) in [6.45, 7) is 1.35. The van der Waals surface area contributed by atoms with E-state index in [0.717, 1.165) is 31.5 Å². The summed E-state index contributed by atoms with van der Waals surface area (Å²) in [5.74, 6) is -1.11. The molecule has 0 bridgehead atoms. The number of halogens is 2. The molecular weight excluding hydrogens is 278 g/mol. The number of ether oxygens (including phenoxy) is 1. The van der Waals surface area contributed by atoms with E-state index in [9.17, 15) is 8.78 Å². The minimum Gasteiger partial charge on any atom is -0.361 e. The second-order valence-corrected chi connectivity index (χ2v) is 5.11. The van der Waals surface area contributed by atoms with E-state index in [1.54, 1.807) is 6.07 Å². The van der Waals surface area contributed by atoms with Gasteiger partial charge in [0.2, 0.25) is 0 Å². The molecule has 4 nitrogen and oxygen atoms in total. The van der Waals surface area contributed by atoms with Crippen molar-refractivity contribution in [3.05, 3.63) is 52.9 Å². The van der Waals surface area contributed by atoms with Gasteiger partial charge in [-0.25, -0.2) is 8.78 Å². The molecule has 1 atom stereocenters. The van der Waals surface area contributed by atoms with Crippen molar-refractivity contribution < 1.29 is 18.0 Å². The lowest BCUT2D eigenvalue weighted by Gasteiger charge is -2.09. The van der Waals surface area contributed by atoms with Crippen LogP contribution in [0, 0.1) is 11.6 Å². The zero-order valence-electron chi connectivity index (χ0n) is 11.4. The number of aromatic nitrogens is 1. The van der Waals surface area contributed by atoms with Crippen LogP contribution in [0.2, 0.25) is 0 Å². The number of hydrogen-bond donors (Lipinski definition) is 1. The van der Waals surface area contributed by atoms with Crippen molar-refractivity contribution in [1.82, 2.24) is 10.5 Å².